The average molecular weight is 214 g/mol. The lowest BCUT2D eigenvalue weighted by atomic mass is 10.1. The molecule has 0 spiro atoms. The molecule has 0 aliphatic rings. The Morgan fingerprint density at radius 3 is 3.00 bits per heavy atom. The summed E-state index contributed by atoms with van der Waals surface area (Å²) in [5.74, 6) is 0.786. The molecule has 0 fully saturated rings. The quantitative estimate of drug-likeness (QED) is 0.761. The molecule has 0 aliphatic heterocycles. The van der Waals surface area contributed by atoms with Gasteiger partial charge in [-0.2, -0.15) is 11.8 Å². The third-order valence-corrected chi connectivity index (χ3v) is 2.60. The summed E-state index contributed by atoms with van der Waals surface area (Å²) in [5.41, 5.74) is 0.895. The Labute approximate surface area is 88.3 Å². The fraction of sp³-hybridized carbons (Fsp3) is 0.500. The van der Waals surface area contributed by atoms with Crippen molar-refractivity contribution in [3.8, 4) is 0 Å². The van der Waals surface area contributed by atoms with Crippen molar-refractivity contribution in [2.45, 2.75) is 13.0 Å². The summed E-state index contributed by atoms with van der Waals surface area (Å²) in [5, 5.41) is 3.30. The maximum Gasteiger partial charge on any atom is 0.141 e. The fourth-order valence-electron chi connectivity index (χ4n) is 1.16. The van der Waals surface area contributed by atoms with Crippen LogP contribution in [-0.4, -0.2) is 23.5 Å². The smallest absolute Gasteiger partial charge is 0.141 e. The summed E-state index contributed by atoms with van der Waals surface area (Å²) in [6, 6.07) is 1.68. The highest BCUT2D eigenvalue weighted by Crippen LogP contribution is 2.11. The first-order valence-corrected chi connectivity index (χ1v) is 5.96. The molecule has 0 aromatic carbocycles. The van der Waals surface area contributed by atoms with Gasteiger partial charge < -0.3 is 5.32 Å². The van der Waals surface area contributed by atoms with Crippen LogP contribution >= 0.6 is 11.8 Å². The number of halogens is 1. The van der Waals surface area contributed by atoms with Crippen molar-refractivity contribution in [3.05, 3.63) is 29.8 Å². The topological polar surface area (TPSA) is 24.9 Å². The molecule has 0 amide bonds. The Kier molecular flexibility index (Phi) is 4.90. The van der Waals surface area contributed by atoms with Crippen LogP contribution in [0.5, 0.6) is 0 Å². The van der Waals surface area contributed by atoms with Crippen molar-refractivity contribution < 1.29 is 4.39 Å². The van der Waals surface area contributed by atoms with Crippen molar-refractivity contribution in [2.24, 2.45) is 0 Å². The number of hydrogen-bond donors (Lipinski definition) is 1. The lowest BCUT2D eigenvalue weighted by molar-refractivity contribution is 0.579. The van der Waals surface area contributed by atoms with Crippen LogP contribution in [0.2, 0.25) is 0 Å². The summed E-state index contributed by atoms with van der Waals surface area (Å²) in [4.78, 5) is 3.81. The minimum Gasteiger partial charge on any atom is -0.309 e. The van der Waals surface area contributed by atoms with Gasteiger partial charge in [-0.1, -0.05) is 0 Å². The molecule has 1 rings (SSSR count). The van der Waals surface area contributed by atoms with E-state index >= 15 is 0 Å². The third kappa shape index (κ3) is 3.64. The van der Waals surface area contributed by atoms with Gasteiger partial charge in [0, 0.05) is 24.5 Å². The van der Waals surface area contributed by atoms with Gasteiger partial charge in [-0.15, -0.1) is 0 Å². The third-order valence-electron chi connectivity index (χ3n) is 1.98. The molecule has 1 aromatic rings. The molecule has 0 radical (unpaired) electrons. The molecule has 78 valence electrons. The maximum atomic E-state index is 12.8. The lowest BCUT2D eigenvalue weighted by Crippen LogP contribution is -2.21. The second-order valence-corrected chi connectivity index (χ2v) is 4.09. The van der Waals surface area contributed by atoms with E-state index in [4.69, 9.17) is 0 Å². The predicted molar refractivity (Wildman–Crippen MR) is 59.0 cm³/mol. The largest absolute Gasteiger partial charge is 0.309 e. The summed E-state index contributed by atoms with van der Waals surface area (Å²) in [6.07, 6.45) is 4.98. The van der Waals surface area contributed by atoms with E-state index < -0.39 is 0 Å². The van der Waals surface area contributed by atoms with E-state index in [1.54, 1.807) is 18.0 Å². The van der Waals surface area contributed by atoms with Crippen LogP contribution in [0.15, 0.2) is 18.5 Å². The van der Waals surface area contributed by atoms with Crippen molar-refractivity contribution in [2.75, 3.05) is 18.6 Å². The van der Waals surface area contributed by atoms with Crippen LogP contribution < -0.4 is 5.32 Å². The molecular weight excluding hydrogens is 199 g/mol. The molecular formula is C10H15FN2S. The molecule has 1 unspecified atom stereocenters. The molecule has 1 N–H and O–H groups in total. The minimum atomic E-state index is -0.277. The summed E-state index contributed by atoms with van der Waals surface area (Å²) in [7, 11) is 0. The highest BCUT2D eigenvalue weighted by Gasteiger charge is 2.05. The average Bonchev–Trinajstić information content (AvgIpc) is 2.18. The zero-order chi connectivity index (χ0) is 10.4. The van der Waals surface area contributed by atoms with E-state index in [9.17, 15) is 4.39 Å². The lowest BCUT2D eigenvalue weighted by Gasteiger charge is -2.13. The van der Waals surface area contributed by atoms with E-state index in [1.807, 2.05) is 6.92 Å². The van der Waals surface area contributed by atoms with Crippen molar-refractivity contribution in [3.63, 3.8) is 0 Å². The zero-order valence-corrected chi connectivity index (χ0v) is 9.27. The monoisotopic (exact) mass is 214 g/mol. The van der Waals surface area contributed by atoms with Crippen molar-refractivity contribution in [1.82, 2.24) is 10.3 Å². The minimum absolute atomic E-state index is 0.158. The number of rotatable bonds is 5. The molecule has 1 aromatic heterocycles. The molecule has 2 nitrogen and oxygen atoms in total. The zero-order valence-electron chi connectivity index (χ0n) is 8.46. The van der Waals surface area contributed by atoms with Crippen LogP contribution in [0.4, 0.5) is 4.39 Å². The number of pyridine rings is 1. The Balaban J connectivity index is 2.47. The molecule has 0 aliphatic carbocycles. The normalized spacial score (nSPS) is 12.8. The van der Waals surface area contributed by atoms with Crippen molar-refractivity contribution >= 4 is 11.8 Å². The first-order valence-electron chi connectivity index (χ1n) is 4.57. The molecule has 14 heavy (non-hydrogen) atoms. The maximum absolute atomic E-state index is 12.8. The van der Waals surface area contributed by atoms with Crippen molar-refractivity contribution in [1.29, 1.82) is 0 Å². The fourth-order valence-corrected chi connectivity index (χ4v) is 1.48. The van der Waals surface area contributed by atoms with Gasteiger partial charge in [0.05, 0.1) is 6.20 Å². The van der Waals surface area contributed by atoms with Crippen LogP contribution in [0.3, 0.4) is 0 Å². The van der Waals surface area contributed by atoms with E-state index in [0.29, 0.717) is 0 Å². The SMILES string of the molecule is CSCCNC(C)c1cncc(F)c1. The second kappa shape index (κ2) is 5.98. The van der Waals surface area contributed by atoms with Gasteiger partial charge in [0.1, 0.15) is 5.82 Å². The van der Waals surface area contributed by atoms with Gasteiger partial charge in [-0.3, -0.25) is 4.98 Å². The van der Waals surface area contributed by atoms with Crippen LogP contribution in [0.1, 0.15) is 18.5 Å². The first kappa shape index (κ1) is 11.5. The molecule has 4 heteroatoms. The van der Waals surface area contributed by atoms with Gasteiger partial charge in [0.25, 0.3) is 0 Å². The van der Waals surface area contributed by atoms with E-state index in [-0.39, 0.29) is 11.9 Å². The van der Waals surface area contributed by atoms with E-state index in [0.717, 1.165) is 17.9 Å². The number of nitrogens with zero attached hydrogens (tertiary/aromatic N) is 1. The number of aromatic nitrogens is 1. The van der Waals surface area contributed by atoms with Gasteiger partial charge in [0.2, 0.25) is 0 Å². The van der Waals surface area contributed by atoms with Crippen LogP contribution in [0.25, 0.3) is 0 Å². The second-order valence-electron chi connectivity index (χ2n) is 3.11. The molecule has 0 saturated carbocycles. The molecule has 0 bridgehead atoms. The summed E-state index contributed by atoms with van der Waals surface area (Å²) >= 11 is 1.79. The summed E-state index contributed by atoms with van der Waals surface area (Å²) < 4.78 is 12.8. The van der Waals surface area contributed by atoms with Gasteiger partial charge in [-0.25, -0.2) is 4.39 Å². The summed E-state index contributed by atoms with van der Waals surface area (Å²) in [6.45, 7) is 2.94. The number of hydrogen-bond acceptors (Lipinski definition) is 3. The standard InChI is InChI=1S/C10H15FN2S/c1-8(13-3-4-14-2)9-5-10(11)7-12-6-9/h5-8,13H,3-4H2,1-2H3. The highest BCUT2D eigenvalue weighted by atomic mass is 32.2. The van der Waals surface area contributed by atoms with Crippen LogP contribution in [0, 0.1) is 5.82 Å². The molecule has 1 atom stereocenters. The Morgan fingerprint density at radius 1 is 1.57 bits per heavy atom. The first-order chi connectivity index (χ1) is 6.74. The highest BCUT2D eigenvalue weighted by molar-refractivity contribution is 7.98. The Morgan fingerprint density at radius 2 is 2.36 bits per heavy atom. The van der Waals surface area contributed by atoms with E-state index in [2.05, 4.69) is 16.6 Å². The van der Waals surface area contributed by atoms with Gasteiger partial charge in [0.15, 0.2) is 0 Å². The Hall–Kier alpha value is -0.610. The van der Waals surface area contributed by atoms with Gasteiger partial charge >= 0.3 is 0 Å². The van der Waals surface area contributed by atoms with Gasteiger partial charge in [-0.05, 0) is 24.8 Å². The number of thioether (sulfide) groups is 1. The molecule has 1 heterocycles. The Bertz CT molecular complexity index is 281. The predicted octanol–water partition coefficient (Wildman–Crippen LogP) is 2.23. The van der Waals surface area contributed by atoms with E-state index in [1.165, 1.54) is 12.3 Å². The van der Waals surface area contributed by atoms with Crippen LogP contribution in [-0.2, 0) is 0 Å². The number of nitrogens with one attached hydrogen (secondary N) is 1. The molecule has 0 saturated heterocycles.